The van der Waals surface area contributed by atoms with Crippen LogP contribution in [0.2, 0.25) is 0 Å². The van der Waals surface area contributed by atoms with Crippen LogP contribution in [0.25, 0.3) is 0 Å². The van der Waals surface area contributed by atoms with Crippen LogP contribution in [0.15, 0.2) is 29.3 Å². The van der Waals surface area contributed by atoms with Crippen LogP contribution in [-0.4, -0.2) is 50.1 Å². The summed E-state index contributed by atoms with van der Waals surface area (Å²) in [5, 5.41) is 6.56. The Balaban J connectivity index is 0.00000529. The van der Waals surface area contributed by atoms with Crippen LogP contribution in [0, 0.1) is 0 Å². The molecule has 7 heteroatoms. The first-order valence-corrected chi connectivity index (χ1v) is 7.62. The lowest BCUT2D eigenvalue weighted by Gasteiger charge is -2.23. The van der Waals surface area contributed by atoms with Gasteiger partial charge in [-0.3, -0.25) is 9.79 Å². The lowest BCUT2D eigenvalue weighted by Crippen LogP contribution is -2.47. The first kappa shape index (κ1) is 22.5. The van der Waals surface area contributed by atoms with Gasteiger partial charge in [0.1, 0.15) is 5.75 Å². The summed E-state index contributed by atoms with van der Waals surface area (Å²) in [7, 11) is 5.16. The number of benzene rings is 1. The van der Waals surface area contributed by atoms with Gasteiger partial charge in [0.05, 0.1) is 0 Å². The fourth-order valence-corrected chi connectivity index (χ4v) is 1.74. The molecule has 0 saturated heterocycles. The van der Waals surface area contributed by atoms with Crippen molar-refractivity contribution in [1.82, 2.24) is 15.5 Å². The Labute approximate surface area is 162 Å². The van der Waals surface area contributed by atoms with E-state index in [4.69, 9.17) is 4.74 Å². The predicted octanol–water partition coefficient (Wildman–Crippen LogP) is 2.24. The van der Waals surface area contributed by atoms with E-state index in [0.29, 0.717) is 12.3 Å². The molecule has 0 aliphatic heterocycles. The Kier molecular flexibility index (Phi) is 9.72. The summed E-state index contributed by atoms with van der Waals surface area (Å²) in [6.45, 7) is 6.90. The third-order valence-corrected chi connectivity index (χ3v) is 2.94. The molecule has 0 fully saturated rings. The van der Waals surface area contributed by atoms with E-state index in [1.165, 1.54) is 4.90 Å². The van der Waals surface area contributed by atoms with E-state index < -0.39 is 0 Å². The minimum Gasteiger partial charge on any atom is -0.484 e. The van der Waals surface area contributed by atoms with Crippen molar-refractivity contribution in [3.8, 4) is 5.75 Å². The van der Waals surface area contributed by atoms with Crippen LogP contribution in [0.1, 0.15) is 26.3 Å². The highest BCUT2D eigenvalue weighted by molar-refractivity contribution is 14.0. The van der Waals surface area contributed by atoms with Gasteiger partial charge in [-0.1, -0.05) is 12.1 Å². The lowest BCUT2D eigenvalue weighted by atomic mass is 10.1. The quantitative estimate of drug-likeness (QED) is 0.412. The average molecular weight is 448 g/mol. The molecule has 0 aliphatic carbocycles. The molecule has 0 aliphatic rings. The third-order valence-electron chi connectivity index (χ3n) is 2.94. The smallest absolute Gasteiger partial charge is 0.259 e. The largest absolute Gasteiger partial charge is 0.484 e. The topological polar surface area (TPSA) is 66.0 Å². The number of hydrogen-bond acceptors (Lipinski definition) is 3. The van der Waals surface area contributed by atoms with Crippen LogP contribution in [0.4, 0.5) is 0 Å². The minimum atomic E-state index is -0.0664. The molecule has 0 radical (unpaired) electrons. The molecule has 0 heterocycles. The third kappa shape index (κ3) is 8.95. The predicted molar refractivity (Wildman–Crippen MR) is 109 cm³/mol. The molecule has 1 rings (SSSR count). The number of halogens is 1. The zero-order valence-electron chi connectivity index (χ0n) is 15.3. The molecule has 0 spiro atoms. The molecule has 2 N–H and O–H groups in total. The number of aliphatic imine (C=N–C) groups is 1. The summed E-state index contributed by atoms with van der Waals surface area (Å²) >= 11 is 0. The van der Waals surface area contributed by atoms with E-state index in [9.17, 15) is 4.79 Å². The van der Waals surface area contributed by atoms with E-state index in [-0.39, 0.29) is 42.0 Å². The Morgan fingerprint density at radius 1 is 1.29 bits per heavy atom. The van der Waals surface area contributed by atoms with E-state index >= 15 is 0 Å². The number of likely N-dealkylation sites (N-methyl/N-ethyl adjacent to an activating group) is 1. The number of ether oxygens (including phenoxy) is 1. The van der Waals surface area contributed by atoms with Crippen LogP contribution in [-0.2, 0) is 11.3 Å². The maximum Gasteiger partial charge on any atom is 0.259 e. The first-order chi connectivity index (χ1) is 10.7. The van der Waals surface area contributed by atoms with Crippen molar-refractivity contribution in [1.29, 1.82) is 0 Å². The average Bonchev–Trinajstić information content (AvgIpc) is 2.48. The van der Waals surface area contributed by atoms with Gasteiger partial charge in [-0.25, -0.2) is 0 Å². The summed E-state index contributed by atoms with van der Waals surface area (Å²) in [6.07, 6.45) is 0. The number of carbonyl (C=O) groups is 1. The fraction of sp³-hybridized carbons (Fsp3) is 0.529. The highest BCUT2D eigenvalue weighted by atomic mass is 127. The maximum atomic E-state index is 11.6. The highest BCUT2D eigenvalue weighted by Gasteiger charge is 2.11. The van der Waals surface area contributed by atoms with Gasteiger partial charge in [0.15, 0.2) is 12.6 Å². The molecule has 0 unspecified atom stereocenters. The number of hydrogen-bond donors (Lipinski definition) is 2. The highest BCUT2D eigenvalue weighted by Crippen LogP contribution is 2.13. The molecule has 0 atom stereocenters. The van der Waals surface area contributed by atoms with Gasteiger partial charge in [-0.05, 0) is 38.5 Å². The van der Waals surface area contributed by atoms with Gasteiger partial charge in [-0.15, -0.1) is 24.0 Å². The van der Waals surface area contributed by atoms with Gasteiger partial charge in [0.25, 0.3) is 5.91 Å². The number of nitrogens with zero attached hydrogens (tertiary/aromatic N) is 2. The van der Waals surface area contributed by atoms with Crippen LogP contribution >= 0.6 is 24.0 Å². The zero-order chi connectivity index (χ0) is 17.5. The molecule has 1 amide bonds. The second kappa shape index (κ2) is 10.4. The lowest BCUT2D eigenvalue weighted by molar-refractivity contribution is -0.130. The van der Waals surface area contributed by atoms with Gasteiger partial charge in [-0.2, -0.15) is 0 Å². The van der Waals surface area contributed by atoms with Crippen LogP contribution in [0.5, 0.6) is 5.75 Å². The monoisotopic (exact) mass is 448 g/mol. The second-order valence-electron chi connectivity index (χ2n) is 6.53. The zero-order valence-corrected chi connectivity index (χ0v) is 17.7. The SMILES string of the molecule is CN=C(NCc1cccc(OCC(=O)N(C)C)c1)NC(C)(C)C.I. The Bertz CT molecular complexity index is 554. The standard InChI is InChI=1S/C17H28N4O2.HI/c1-17(2,3)20-16(18-4)19-11-13-8-7-9-14(10-13)23-12-15(22)21(5)6;/h7-10H,11-12H2,1-6H3,(H2,18,19,20);1H. The number of guanidine groups is 1. The van der Waals surface area contributed by atoms with Crippen molar-refractivity contribution < 1.29 is 9.53 Å². The summed E-state index contributed by atoms with van der Waals surface area (Å²) in [4.78, 5) is 17.3. The Morgan fingerprint density at radius 2 is 1.96 bits per heavy atom. The van der Waals surface area contributed by atoms with Crippen LogP contribution < -0.4 is 15.4 Å². The molecule has 6 nitrogen and oxygen atoms in total. The Hall–Kier alpha value is -1.51. The molecule has 1 aromatic rings. The Morgan fingerprint density at radius 3 is 2.50 bits per heavy atom. The molecular weight excluding hydrogens is 419 g/mol. The van der Waals surface area contributed by atoms with E-state index in [2.05, 4.69) is 36.4 Å². The number of amides is 1. The van der Waals surface area contributed by atoms with Crippen molar-refractivity contribution >= 4 is 35.8 Å². The van der Waals surface area contributed by atoms with Gasteiger partial charge < -0.3 is 20.3 Å². The normalized spacial score (nSPS) is 11.3. The summed E-state index contributed by atoms with van der Waals surface area (Å²) in [5.41, 5.74) is 0.996. The van der Waals surface area contributed by atoms with Crippen molar-refractivity contribution in [2.75, 3.05) is 27.7 Å². The van der Waals surface area contributed by atoms with E-state index in [1.54, 1.807) is 21.1 Å². The maximum absolute atomic E-state index is 11.6. The number of carbonyl (C=O) groups excluding carboxylic acids is 1. The molecule has 24 heavy (non-hydrogen) atoms. The van der Waals surface area contributed by atoms with Gasteiger partial charge in [0.2, 0.25) is 0 Å². The number of nitrogens with one attached hydrogen (secondary N) is 2. The van der Waals surface area contributed by atoms with Gasteiger partial charge >= 0.3 is 0 Å². The molecule has 136 valence electrons. The number of rotatable bonds is 5. The van der Waals surface area contributed by atoms with Crippen LogP contribution in [0.3, 0.4) is 0 Å². The molecule has 0 aromatic heterocycles. The molecular formula is C17H29IN4O2. The summed E-state index contributed by atoms with van der Waals surface area (Å²) < 4.78 is 5.52. The van der Waals surface area contributed by atoms with Crippen molar-refractivity contribution in [3.05, 3.63) is 29.8 Å². The summed E-state index contributed by atoms with van der Waals surface area (Å²) in [5.74, 6) is 1.35. The second-order valence-corrected chi connectivity index (χ2v) is 6.53. The van der Waals surface area contributed by atoms with Crippen molar-refractivity contribution in [2.24, 2.45) is 4.99 Å². The molecule has 0 saturated carbocycles. The summed E-state index contributed by atoms with van der Waals surface area (Å²) in [6, 6.07) is 7.67. The van der Waals surface area contributed by atoms with E-state index in [1.807, 2.05) is 24.3 Å². The molecule has 0 bridgehead atoms. The fourth-order valence-electron chi connectivity index (χ4n) is 1.74. The molecule has 1 aromatic carbocycles. The minimum absolute atomic E-state index is 0. The van der Waals surface area contributed by atoms with Gasteiger partial charge in [0, 0.05) is 33.2 Å². The van der Waals surface area contributed by atoms with Crippen molar-refractivity contribution in [2.45, 2.75) is 32.9 Å². The van der Waals surface area contributed by atoms with E-state index in [0.717, 1.165) is 11.5 Å². The first-order valence-electron chi connectivity index (χ1n) is 7.62. The van der Waals surface area contributed by atoms with Crippen molar-refractivity contribution in [3.63, 3.8) is 0 Å².